The number of aliphatic carboxylic acids is 2. The van der Waals surface area contributed by atoms with Crippen LogP contribution in [0.25, 0.3) is 0 Å². The first-order valence-electron chi connectivity index (χ1n) is 7.71. The van der Waals surface area contributed by atoms with Gasteiger partial charge in [-0.2, -0.15) is 0 Å². The molecule has 2 aliphatic carbocycles. The van der Waals surface area contributed by atoms with Crippen LogP contribution in [-0.2, 0) is 19.2 Å². The van der Waals surface area contributed by atoms with Crippen molar-refractivity contribution in [2.75, 3.05) is 0 Å². The SMILES string of the molecule is C[C@@H]1CC(=O)CC[C@H]1C(=O)O.C[C@H]1CC(=O)CC[C@@H]1C(=O)O. The molecule has 2 aliphatic rings. The van der Waals surface area contributed by atoms with Gasteiger partial charge in [0.1, 0.15) is 11.6 Å². The minimum atomic E-state index is -0.759. The molecule has 0 heterocycles. The molecule has 2 rings (SSSR count). The summed E-state index contributed by atoms with van der Waals surface area (Å²) in [6.07, 6.45) is 2.82. The highest BCUT2D eigenvalue weighted by atomic mass is 16.4. The van der Waals surface area contributed by atoms with E-state index in [2.05, 4.69) is 0 Å². The van der Waals surface area contributed by atoms with Crippen molar-refractivity contribution < 1.29 is 29.4 Å². The fraction of sp³-hybridized carbons (Fsp3) is 0.750. The van der Waals surface area contributed by atoms with Crippen LogP contribution in [-0.4, -0.2) is 33.7 Å². The minimum Gasteiger partial charge on any atom is -0.481 e. The molecule has 4 atom stereocenters. The Kier molecular flexibility index (Phi) is 6.71. The van der Waals surface area contributed by atoms with Crippen LogP contribution in [0.5, 0.6) is 0 Å². The maximum atomic E-state index is 10.8. The molecule has 0 aromatic carbocycles. The summed E-state index contributed by atoms with van der Waals surface area (Å²) in [5.41, 5.74) is 0. The van der Waals surface area contributed by atoms with Gasteiger partial charge in [0.15, 0.2) is 0 Å². The van der Waals surface area contributed by atoms with Crippen LogP contribution in [0.3, 0.4) is 0 Å². The van der Waals surface area contributed by atoms with E-state index in [9.17, 15) is 19.2 Å². The largest absolute Gasteiger partial charge is 0.481 e. The lowest BCUT2D eigenvalue weighted by atomic mass is 9.80. The smallest absolute Gasteiger partial charge is 0.306 e. The summed E-state index contributed by atoms with van der Waals surface area (Å²) in [6, 6.07) is 0. The predicted molar refractivity (Wildman–Crippen MR) is 78.3 cm³/mol. The van der Waals surface area contributed by atoms with E-state index in [1.54, 1.807) is 0 Å². The Labute approximate surface area is 129 Å². The molecule has 0 aliphatic heterocycles. The van der Waals surface area contributed by atoms with Gasteiger partial charge in [0, 0.05) is 25.7 Å². The highest BCUT2D eigenvalue weighted by Gasteiger charge is 2.31. The topological polar surface area (TPSA) is 109 Å². The zero-order valence-electron chi connectivity index (χ0n) is 13.1. The first kappa shape index (κ1) is 18.3. The molecule has 2 saturated carbocycles. The van der Waals surface area contributed by atoms with Crippen LogP contribution < -0.4 is 0 Å². The van der Waals surface area contributed by atoms with E-state index in [4.69, 9.17) is 10.2 Å². The summed E-state index contributed by atoms with van der Waals surface area (Å²) in [5, 5.41) is 17.4. The number of carboxylic acids is 2. The number of carbonyl (C=O) groups excluding carboxylic acids is 2. The molecular weight excluding hydrogens is 288 g/mol. The Morgan fingerprint density at radius 1 is 0.818 bits per heavy atom. The Balaban J connectivity index is 0.000000220. The molecule has 0 aromatic rings. The lowest BCUT2D eigenvalue weighted by Gasteiger charge is -2.23. The lowest BCUT2D eigenvalue weighted by molar-refractivity contribution is -0.147. The molecule has 0 radical (unpaired) electrons. The molecule has 0 saturated heterocycles. The first-order chi connectivity index (χ1) is 10.2. The summed E-state index contributed by atoms with van der Waals surface area (Å²) < 4.78 is 0. The highest BCUT2D eigenvalue weighted by Crippen LogP contribution is 2.28. The minimum absolute atomic E-state index is 0.0220. The summed E-state index contributed by atoms with van der Waals surface area (Å²) >= 11 is 0. The molecule has 2 fully saturated rings. The van der Waals surface area contributed by atoms with Gasteiger partial charge in [-0.15, -0.1) is 0 Å². The van der Waals surface area contributed by atoms with E-state index in [1.165, 1.54) is 0 Å². The monoisotopic (exact) mass is 312 g/mol. The number of hydrogen-bond donors (Lipinski definition) is 2. The van der Waals surface area contributed by atoms with Gasteiger partial charge in [-0.1, -0.05) is 13.8 Å². The summed E-state index contributed by atoms with van der Waals surface area (Å²) in [6.45, 7) is 3.66. The number of Topliss-reactive ketones (excluding diaryl/α,β-unsaturated/α-hetero) is 2. The average Bonchev–Trinajstić information content (AvgIpc) is 2.38. The van der Waals surface area contributed by atoms with Crippen molar-refractivity contribution in [1.82, 2.24) is 0 Å². The third kappa shape index (κ3) is 5.24. The first-order valence-corrected chi connectivity index (χ1v) is 7.71. The Hall–Kier alpha value is -1.72. The van der Waals surface area contributed by atoms with Crippen molar-refractivity contribution in [2.24, 2.45) is 23.7 Å². The van der Waals surface area contributed by atoms with Gasteiger partial charge in [-0.3, -0.25) is 19.2 Å². The fourth-order valence-corrected chi connectivity index (χ4v) is 3.14. The van der Waals surface area contributed by atoms with Crippen LogP contribution in [0.2, 0.25) is 0 Å². The average molecular weight is 312 g/mol. The van der Waals surface area contributed by atoms with E-state index in [0.717, 1.165) is 0 Å². The zero-order valence-corrected chi connectivity index (χ0v) is 13.1. The summed E-state index contributed by atoms with van der Waals surface area (Å²) in [5.74, 6) is -1.66. The van der Waals surface area contributed by atoms with Crippen molar-refractivity contribution in [1.29, 1.82) is 0 Å². The number of rotatable bonds is 2. The van der Waals surface area contributed by atoms with Crippen LogP contribution in [0.4, 0.5) is 0 Å². The fourth-order valence-electron chi connectivity index (χ4n) is 3.14. The van der Waals surface area contributed by atoms with Gasteiger partial charge >= 0.3 is 11.9 Å². The van der Waals surface area contributed by atoms with E-state index in [1.807, 2.05) is 13.8 Å². The van der Waals surface area contributed by atoms with Crippen LogP contribution in [0.1, 0.15) is 52.4 Å². The Morgan fingerprint density at radius 2 is 1.14 bits per heavy atom. The molecule has 0 amide bonds. The number of hydrogen-bond acceptors (Lipinski definition) is 4. The van der Waals surface area contributed by atoms with Crippen molar-refractivity contribution in [3.05, 3.63) is 0 Å². The van der Waals surface area contributed by atoms with Crippen molar-refractivity contribution in [3.8, 4) is 0 Å². The van der Waals surface area contributed by atoms with E-state index < -0.39 is 11.9 Å². The summed E-state index contributed by atoms with van der Waals surface area (Å²) in [7, 11) is 0. The second-order valence-electron chi connectivity index (χ2n) is 6.41. The maximum Gasteiger partial charge on any atom is 0.306 e. The summed E-state index contributed by atoms with van der Waals surface area (Å²) in [4.78, 5) is 42.8. The third-order valence-electron chi connectivity index (χ3n) is 4.58. The van der Waals surface area contributed by atoms with Crippen molar-refractivity contribution >= 4 is 23.5 Å². The molecule has 0 bridgehead atoms. The molecule has 6 heteroatoms. The van der Waals surface area contributed by atoms with Gasteiger partial charge in [0.25, 0.3) is 0 Å². The maximum absolute atomic E-state index is 10.8. The van der Waals surface area contributed by atoms with Gasteiger partial charge in [-0.05, 0) is 24.7 Å². The molecule has 124 valence electrons. The molecule has 0 spiro atoms. The van der Waals surface area contributed by atoms with Crippen LogP contribution >= 0.6 is 0 Å². The predicted octanol–water partition coefficient (Wildman–Crippen LogP) is 2.15. The van der Waals surface area contributed by atoms with E-state index in [-0.39, 0.29) is 35.2 Å². The van der Waals surface area contributed by atoms with E-state index in [0.29, 0.717) is 38.5 Å². The standard InChI is InChI=1S/2C8H12O3/c2*1-5-4-6(9)2-3-7(5)8(10)11/h2*5,7H,2-4H2,1H3,(H,10,11)/t2*5-,7-/m10/s1. The third-order valence-corrected chi connectivity index (χ3v) is 4.58. The second-order valence-corrected chi connectivity index (χ2v) is 6.41. The Morgan fingerprint density at radius 3 is 1.36 bits per heavy atom. The molecule has 0 aromatic heterocycles. The van der Waals surface area contributed by atoms with Crippen molar-refractivity contribution in [2.45, 2.75) is 52.4 Å². The normalized spacial score (nSPS) is 31.9. The van der Waals surface area contributed by atoms with Gasteiger partial charge in [0.2, 0.25) is 0 Å². The number of ketones is 2. The zero-order chi connectivity index (χ0) is 16.9. The van der Waals surface area contributed by atoms with Gasteiger partial charge in [-0.25, -0.2) is 0 Å². The quantitative estimate of drug-likeness (QED) is 0.808. The lowest BCUT2D eigenvalue weighted by Crippen LogP contribution is -2.28. The van der Waals surface area contributed by atoms with Crippen LogP contribution in [0, 0.1) is 23.7 Å². The van der Waals surface area contributed by atoms with Gasteiger partial charge in [0.05, 0.1) is 11.8 Å². The molecular formula is C16H24O6. The van der Waals surface area contributed by atoms with E-state index >= 15 is 0 Å². The molecule has 2 N–H and O–H groups in total. The molecule has 22 heavy (non-hydrogen) atoms. The van der Waals surface area contributed by atoms with Crippen molar-refractivity contribution in [3.63, 3.8) is 0 Å². The Bertz CT molecular complexity index is 414. The highest BCUT2D eigenvalue weighted by molar-refractivity contribution is 5.83. The van der Waals surface area contributed by atoms with Crippen LogP contribution in [0.15, 0.2) is 0 Å². The molecule has 6 nitrogen and oxygen atoms in total. The molecule has 0 unspecified atom stereocenters. The second kappa shape index (κ2) is 8.06. The van der Waals surface area contributed by atoms with Gasteiger partial charge < -0.3 is 10.2 Å². The number of carboxylic acid groups (broad SMARTS) is 2. The number of carbonyl (C=O) groups is 4.